The molecule has 4 rings (SSSR count). The zero-order valence-corrected chi connectivity index (χ0v) is 13.3. The minimum Gasteiger partial charge on any atom is -0.497 e. The predicted octanol–water partition coefficient (Wildman–Crippen LogP) is 3.52. The van der Waals surface area contributed by atoms with Gasteiger partial charge in [-0.1, -0.05) is 29.4 Å². The molecule has 0 amide bonds. The molecule has 1 spiro atoms. The minimum atomic E-state index is -0.144. The van der Waals surface area contributed by atoms with Crippen LogP contribution in [0.4, 0.5) is 0 Å². The van der Waals surface area contributed by atoms with E-state index < -0.39 is 0 Å². The second-order valence-electron chi connectivity index (χ2n) is 6.21. The Kier molecular flexibility index (Phi) is 3.08. The van der Waals surface area contributed by atoms with Gasteiger partial charge in [-0.2, -0.15) is 0 Å². The van der Waals surface area contributed by atoms with Gasteiger partial charge in [-0.25, -0.2) is 0 Å². The van der Waals surface area contributed by atoms with Gasteiger partial charge < -0.3 is 14.7 Å². The molecule has 0 saturated heterocycles. The second-order valence-corrected chi connectivity index (χ2v) is 6.21. The third-order valence-corrected chi connectivity index (χ3v) is 5.28. The van der Waals surface area contributed by atoms with Gasteiger partial charge in [0.1, 0.15) is 11.5 Å². The van der Waals surface area contributed by atoms with Crippen molar-refractivity contribution in [1.82, 2.24) is 0 Å². The van der Waals surface area contributed by atoms with Crippen LogP contribution in [-0.4, -0.2) is 25.1 Å². The molecule has 0 fully saturated rings. The maximum Gasteiger partial charge on any atom is 0.132 e. The van der Waals surface area contributed by atoms with E-state index >= 15 is 0 Å². The van der Waals surface area contributed by atoms with Crippen LogP contribution in [0.2, 0.25) is 0 Å². The lowest BCUT2D eigenvalue weighted by molar-refractivity contribution is 0.317. The summed E-state index contributed by atoms with van der Waals surface area (Å²) in [6.45, 7) is 0. The molecule has 4 nitrogen and oxygen atoms in total. The van der Waals surface area contributed by atoms with Crippen LogP contribution in [0.25, 0.3) is 0 Å². The molecule has 2 aliphatic carbocycles. The van der Waals surface area contributed by atoms with Crippen LogP contribution in [0.5, 0.6) is 11.5 Å². The Morgan fingerprint density at radius 1 is 1.09 bits per heavy atom. The Balaban J connectivity index is 2.02. The molecule has 2 aromatic rings. The van der Waals surface area contributed by atoms with Gasteiger partial charge in [-0.15, -0.1) is 0 Å². The van der Waals surface area contributed by atoms with Crippen molar-refractivity contribution in [3.05, 3.63) is 58.7 Å². The van der Waals surface area contributed by atoms with E-state index in [9.17, 15) is 5.21 Å². The van der Waals surface area contributed by atoms with Crippen molar-refractivity contribution in [3.8, 4) is 11.5 Å². The normalized spacial score (nSPS) is 23.1. The minimum absolute atomic E-state index is 0.144. The summed E-state index contributed by atoms with van der Waals surface area (Å²) in [6, 6.07) is 12.5. The average Bonchev–Trinajstić information content (AvgIpc) is 3.14. The highest BCUT2D eigenvalue weighted by Crippen LogP contribution is 2.54. The fourth-order valence-electron chi connectivity index (χ4n) is 4.25. The first-order valence-corrected chi connectivity index (χ1v) is 7.79. The second kappa shape index (κ2) is 5.01. The average molecular weight is 309 g/mol. The Labute approximate surface area is 135 Å². The molecular formula is C19H19NO3. The lowest BCUT2D eigenvalue weighted by atomic mass is 9.76. The molecule has 1 N–H and O–H groups in total. The molecule has 0 heterocycles. The molecule has 0 aliphatic heterocycles. The highest BCUT2D eigenvalue weighted by Gasteiger charge is 2.49. The molecule has 1 atom stereocenters. The maximum absolute atomic E-state index is 9.55. The first-order chi connectivity index (χ1) is 11.2. The molecule has 0 saturated carbocycles. The van der Waals surface area contributed by atoms with Gasteiger partial charge in [0, 0.05) is 23.5 Å². The monoisotopic (exact) mass is 309 g/mol. The number of oxime groups is 1. The van der Waals surface area contributed by atoms with Crippen molar-refractivity contribution in [2.24, 2.45) is 5.16 Å². The number of rotatable bonds is 2. The quantitative estimate of drug-likeness (QED) is 0.682. The predicted molar refractivity (Wildman–Crippen MR) is 88.0 cm³/mol. The van der Waals surface area contributed by atoms with E-state index in [2.05, 4.69) is 35.5 Å². The van der Waals surface area contributed by atoms with Crippen molar-refractivity contribution in [2.75, 3.05) is 14.2 Å². The number of nitrogens with zero attached hydrogens (tertiary/aromatic N) is 1. The number of hydrogen-bond acceptors (Lipinski definition) is 4. The summed E-state index contributed by atoms with van der Waals surface area (Å²) in [5.41, 5.74) is 5.31. The first kappa shape index (κ1) is 14.1. The summed E-state index contributed by atoms with van der Waals surface area (Å²) < 4.78 is 11.0. The maximum atomic E-state index is 9.55. The van der Waals surface area contributed by atoms with Crippen molar-refractivity contribution in [1.29, 1.82) is 0 Å². The lowest BCUT2D eigenvalue weighted by Crippen LogP contribution is -2.21. The zero-order chi connectivity index (χ0) is 16.0. The van der Waals surface area contributed by atoms with Gasteiger partial charge in [-0.05, 0) is 35.6 Å². The van der Waals surface area contributed by atoms with Crippen LogP contribution in [0.1, 0.15) is 35.1 Å². The Morgan fingerprint density at radius 2 is 1.91 bits per heavy atom. The van der Waals surface area contributed by atoms with Gasteiger partial charge >= 0.3 is 0 Å². The summed E-state index contributed by atoms with van der Waals surface area (Å²) >= 11 is 0. The summed E-state index contributed by atoms with van der Waals surface area (Å²) in [5, 5.41) is 13.1. The summed E-state index contributed by atoms with van der Waals surface area (Å²) in [6.07, 6.45) is 2.74. The largest absolute Gasteiger partial charge is 0.497 e. The van der Waals surface area contributed by atoms with Crippen LogP contribution in [-0.2, 0) is 11.8 Å². The topological polar surface area (TPSA) is 51.0 Å². The van der Waals surface area contributed by atoms with Gasteiger partial charge in [-0.3, -0.25) is 0 Å². The molecule has 0 bridgehead atoms. The van der Waals surface area contributed by atoms with Crippen LogP contribution >= 0.6 is 0 Å². The van der Waals surface area contributed by atoms with Crippen LogP contribution < -0.4 is 9.47 Å². The number of ether oxygens (including phenoxy) is 2. The molecule has 2 aliphatic rings. The zero-order valence-electron chi connectivity index (χ0n) is 13.3. The smallest absolute Gasteiger partial charge is 0.132 e. The fourth-order valence-corrected chi connectivity index (χ4v) is 4.25. The molecule has 23 heavy (non-hydrogen) atoms. The van der Waals surface area contributed by atoms with E-state index in [-0.39, 0.29) is 5.41 Å². The molecule has 118 valence electrons. The summed E-state index contributed by atoms with van der Waals surface area (Å²) in [4.78, 5) is 0. The molecule has 2 aromatic carbocycles. The lowest BCUT2D eigenvalue weighted by Gasteiger charge is -2.26. The number of hydrogen-bond donors (Lipinski definition) is 1. The first-order valence-electron chi connectivity index (χ1n) is 7.79. The molecule has 1 unspecified atom stereocenters. The highest BCUT2D eigenvalue weighted by molar-refractivity contribution is 6.09. The molecule has 0 radical (unpaired) electrons. The van der Waals surface area contributed by atoms with Gasteiger partial charge in [0.05, 0.1) is 19.9 Å². The fraction of sp³-hybridized carbons (Fsp3) is 0.316. The summed E-state index contributed by atoms with van der Waals surface area (Å²) in [7, 11) is 3.30. The van der Waals surface area contributed by atoms with E-state index in [4.69, 9.17) is 9.47 Å². The number of methoxy groups -OCH3 is 2. The van der Waals surface area contributed by atoms with Gasteiger partial charge in [0.2, 0.25) is 0 Å². The molecule has 0 aromatic heterocycles. The van der Waals surface area contributed by atoms with Crippen molar-refractivity contribution < 1.29 is 14.7 Å². The highest BCUT2D eigenvalue weighted by atomic mass is 16.5. The van der Waals surface area contributed by atoms with Gasteiger partial charge in [0.15, 0.2) is 0 Å². The van der Waals surface area contributed by atoms with E-state index in [0.29, 0.717) is 17.9 Å². The Bertz CT molecular complexity index is 812. The standard InChI is InChI=1S/C19H19NO3/c1-22-13-9-15-18(17(10-13)23-2)16(20-21)11-19(15)8-7-12-5-3-4-6-14(12)19/h3-6,9-10,21H,7-8,11H2,1-2H3/b20-16+. The molecule has 4 heteroatoms. The van der Waals surface area contributed by atoms with Crippen LogP contribution in [0, 0.1) is 0 Å². The van der Waals surface area contributed by atoms with E-state index in [1.165, 1.54) is 11.1 Å². The van der Waals surface area contributed by atoms with E-state index in [1.54, 1.807) is 14.2 Å². The Hall–Kier alpha value is -2.49. The van der Waals surface area contributed by atoms with Crippen molar-refractivity contribution in [3.63, 3.8) is 0 Å². The van der Waals surface area contributed by atoms with E-state index in [0.717, 1.165) is 29.7 Å². The van der Waals surface area contributed by atoms with Crippen molar-refractivity contribution >= 4 is 5.71 Å². The van der Waals surface area contributed by atoms with Crippen LogP contribution in [0.15, 0.2) is 41.6 Å². The number of fused-ring (bicyclic) bond motifs is 4. The third-order valence-electron chi connectivity index (χ3n) is 5.28. The van der Waals surface area contributed by atoms with Crippen molar-refractivity contribution in [2.45, 2.75) is 24.7 Å². The number of aryl methyl sites for hydroxylation is 1. The number of benzene rings is 2. The van der Waals surface area contributed by atoms with E-state index in [1.807, 2.05) is 6.07 Å². The van der Waals surface area contributed by atoms with Gasteiger partial charge in [0.25, 0.3) is 0 Å². The Morgan fingerprint density at radius 3 is 2.65 bits per heavy atom. The molecular weight excluding hydrogens is 290 g/mol. The van der Waals surface area contributed by atoms with Crippen LogP contribution in [0.3, 0.4) is 0 Å². The third kappa shape index (κ3) is 1.81. The summed E-state index contributed by atoms with van der Waals surface area (Å²) in [5.74, 6) is 1.47. The SMILES string of the molecule is COc1cc(OC)c2c(c1)C1(CCc3ccccc31)C/C2=N\O.